The lowest BCUT2D eigenvalue weighted by Crippen LogP contribution is -2.41. The Labute approximate surface area is 172 Å². The third-order valence-electron chi connectivity index (χ3n) is 4.15. The van der Waals surface area contributed by atoms with Crippen LogP contribution in [0.25, 0.3) is 0 Å². The van der Waals surface area contributed by atoms with E-state index in [0.717, 1.165) is 16.1 Å². The van der Waals surface area contributed by atoms with Gasteiger partial charge in [-0.3, -0.25) is 9.10 Å². The van der Waals surface area contributed by atoms with E-state index < -0.39 is 15.9 Å². The minimum Gasteiger partial charge on any atom is -0.496 e. The van der Waals surface area contributed by atoms with Crippen molar-refractivity contribution in [3.05, 3.63) is 54.1 Å². The first-order valence-electron chi connectivity index (χ1n) is 9.28. The Hall–Kier alpha value is -2.74. The lowest BCUT2D eigenvalue weighted by Gasteiger charge is -2.24. The summed E-state index contributed by atoms with van der Waals surface area (Å²) in [6.07, 6.45) is 1.02. The molecule has 0 aliphatic rings. The van der Waals surface area contributed by atoms with Crippen LogP contribution in [0.2, 0.25) is 0 Å². The summed E-state index contributed by atoms with van der Waals surface area (Å²) in [5.41, 5.74) is 1.17. The van der Waals surface area contributed by atoms with E-state index in [1.807, 2.05) is 39.0 Å². The number of rotatable bonds is 9. The topological polar surface area (TPSA) is 84.9 Å². The molecule has 0 fully saturated rings. The zero-order valence-electron chi connectivity index (χ0n) is 17.4. The summed E-state index contributed by atoms with van der Waals surface area (Å²) in [4.78, 5) is 12.6. The number of methoxy groups -OCH3 is 1. The largest absolute Gasteiger partial charge is 0.496 e. The number of amides is 1. The fourth-order valence-electron chi connectivity index (χ4n) is 2.90. The van der Waals surface area contributed by atoms with Gasteiger partial charge in [-0.05, 0) is 39.0 Å². The summed E-state index contributed by atoms with van der Waals surface area (Å²) in [5, 5.41) is 2.83. The Balaban J connectivity index is 2.20. The third kappa shape index (κ3) is 6.39. The molecule has 0 heterocycles. The smallest absolute Gasteiger partial charge is 0.241 e. The van der Waals surface area contributed by atoms with Crippen LogP contribution in [0.4, 0.5) is 5.69 Å². The average Bonchev–Trinajstić information content (AvgIpc) is 2.64. The highest BCUT2D eigenvalue weighted by molar-refractivity contribution is 7.92. The fraction of sp³-hybridized carbons (Fsp3) is 0.381. The molecule has 7 nitrogen and oxygen atoms in total. The molecule has 0 spiro atoms. The van der Waals surface area contributed by atoms with Gasteiger partial charge in [0.2, 0.25) is 15.9 Å². The molecule has 2 aromatic carbocycles. The van der Waals surface area contributed by atoms with Gasteiger partial charge in [-0.1, -0.05) is 24.3 Å². The maximum atomic E-state index is 12.6. The molecular formula is C21H28N2O5S. The summed E-state index contributed by atoms with van der Waals surface area (Å²) in [6.45, 7) is 5.24. The molecule has 0 radical (unpaired) electrons. The van der Waals surface area contributed by atoms with Gasteiger partial charge in [-0.25, -0.2) is 8.42 Å². The number of hydrogen-bond acceptors (Lipinski definition) is 5. The van der Waals surface area contributed by atoms with E-state index in [1.54, 1.807) is 37.4 Å². The molecule has 0 saturated heterocycles. The number of nitrogens with one attached hydrogen (secondary N) is 1. The molecular weight excluding hydrogens is 392 g/mol. The van der Waals surface area contributed by atoms with E-state index in [2.05, 4.69) is 5.32 Å². The molecule has 1 amide bonds. The number of carbonyl (C=O) groups is 1. The standard InChI is InChI=1S/C21H28N2O5S/c1-15(2)28-18-10-8-9-17(13-18)23(29(5,25)26)14-21(24)22-16(3)19-11-6-7-12-20(19)27-4/h6-13,15-16H,14H2,1-5H3,(H,22,24)/t16-/m0/s1. The molecule has 2 aromatic rings. The molecule has 0 aliphatic carbocycles. The summed E-state index contributed by atoms with van der Waals surface area (Å²) in [6, 6.07) is 13.7. The minimum atomic E-state index is -3.68. The Morgan fingerprint density at radius 2 is 1.79 bits per heavy atom. The van der Waals surface area contributed by atoms with E-state index in [9.17, 15) is 13.2 Å². The van der Waals surface area contributed by atoms with Gasteiger partial charge in [0.05, 0.1) is 31.2 Å². The lowest BCUT2D eigenvalue weighted by atomic mass is 10.1. The molecule has 0 aliphatic heterocycles. The number of benzene rings is 2. The summed E-state index contributed by atoms with van der Waals surface area (Å²) < 4.78 is 36.7. The van der Waals surface area contributed by atoms with Gasteiger partial charge < -0.3 is 14.8 Å². The minimum absolute atomic E-state index is 0.0538. The maximum absolute atomic E-state index is 12.6. The van der Waals surface area contributed by atoms with Crippen molar-refractivity contribution in [2.75, 3.05) is 24.2 Å². The molecule has 0 saturated carbocycles. The second-order valence-corrected chi connectivity index (χ2v) is 8.87. The number of anilines is 1. The van der Waals surface area contributed by atoms with Crippen LogP contribution in [0, 0.1) is 0 Å². The van der Waals surface area contributed by atoms with Crippen molar-refractivity contribution in [3.8, 4) is 11.5 Å². The van der Waals surface area contributed by atoms with Crippen LogP contribution >= 0.6 is 0 Å². The molecule has 1 N–H and O–H groups in total. The van der Waals surface area contributed by atoms with E-state index in [0.29, 0.717) is 17.2 Å². The van der Waals surface area contributed by atoms with Gasteiger partial charge in [-0.2, -0.15) is 0 Å². The van der Waals surface area contributed by atoms with Gasteiger partial charge in [0.1, 0.15) is 18.0 Å². The Kier molecular flexibility index (Phi) is 7.50. The van der Waals surface area contributed by atoms with Crippen molar-refractivity contribution in [2.24, 2.45) is 0 Å². The molecule has 0 aromatic heterocycles. The number of para-hydroxylation sites is 1. The van der Waals surface area contributed by atoms with Crippen LogP contribution in [0.1, 0.15) is 32.4 Å². The van der Waals surface area contributed by atoms with E-state index in [-0.39, 0.29) is 18.7 Å². The average molecular weight is 421 g/mol. The van der Waals surface area contributed by atoms with Crippen molar-refractivity contribution in [2.45, 2.75) is 32.9 Å². The molecule has 1 atom stereocenters. The fourth-order valence-corrected chi connectivity index (χ4v) is 3.75. The summed E-state index contributed by atoms with van der Waals surface area (Å²) in [5.74, 6) is 0.761. The van der Waals surface area contributed by atoms with Gasteiger partial charge in [0.15, 0.2) is 0 Å². The van der Waals surface area contributed by atoms with Crippen LogP contribution < -0.4 is 19.1 Å². The molecule has 29 heavy (non-hydrogen) atoms. The monoisotopic (exact) mass is 420 g/mol. The van der Waals surface area contributed by atoms with E-state index in [4.69, 9.17) is 9.47 Å². The maximum Gasteiger partial charge on any atom is 0.241 e. The van der Waals surface area contributed by atoms with Crippen molar-refractivity contribution < 1.29 is 22.7 Å². The number of carbonyl (C=O) groups excluding carboxylic acids is 1. The van der Waals surface area contributed by atoms with Gasteiger partial charge in [-0.15, -0.1) is 0 Å². The number of sulfonamides is 1. The Bertz CT molecular complexity index is 944. The molecule has 2 rings (SSSR count). The van der Waals surface area contributed by atoms with Crippen molar-refractivity contribution >= 4 is 21.6 Å². The first-order chi connectivity index (χ1) is 13.6. The highest BCUT2D eigenvalue weighted by Gasteiger charge is 2.23. The third-order valence-corrected chi connectivity index (χ3v) is 5.29. The van der Waals surface area contributed by atoms with Crippen LogP contribution in [-0.4, -0.2) is 40.3 Å². The lowest BCUT2D eigenvalue weighted by molar-refractivity contribution is -0.120. The zero-order valence-corrected chi connectivity index (χ0v) is 18.2. The van der Waals surface area contributed by atoms with Crippen molar-refractivity contribution in [3.63, 3.8) is 0 Å². The van der Waals surface area contributed by atoms with E-state index in [1.165, 1.54) is 0 Å². The number of hydrogen-bond donors (Lipinski definition) is 1. The summed E-state index contributed by atoms with van der Waals surface area (Å²) >= 11 is 0. The van der Waals surface area contributed by atoms with Crippen LogP contribution in [0.15, 0.2) is 48.5 Å². The number of nitrogens with zero attached hydrogens (tertiary/aromatic N) is 1. The predicted octanol–water partition coefficient (Wildman–Crippen LogP) is 3.13. The first kappa shape index (κ1) is 22.5. The van der Waals surface area contributed by atoms with Crippen LogP contribution in [-0.2, 0) is 14.8 Å². The molecule has 0 bridgehead atoms. The molecule has 158 valence electrons. The Morgan fingerprint density at radius 3 is 2.41 bits per heavy atom. The number of ether oxygens (including phenoxy) is 2. The predicted molar refractivity (Wildman–Crippen MR) is 114 cm³/mol. The van der Waals surface area contributed by atoms with E-state index >= 15 is 0 Å². The van der Waals surface area contributed by atoms with Crippen LogP contribution in [0.5, 0.6) is 11.5 Å². The highest BCUT2D eigenvalue weighted by Crippen LogP contribution is 2.26. The van der Waals surface area contributed by atoms with Crippen molar-refractivity contribution in [1.29, 1.82) is 0 Å². The van der Waals surface area contributed by atoms with Crippen molar-refractivity contribution in [1.82, 2.24) is 5.32 Å². The quantitative estimate of drug-likeness (QED) is 0.674. The second-order valence-electron chi connectivity index (χ2n) is 6.96. The van der Waals surface area contributed by atoms with Crippen LogP contribution in [0.3, 0.4) is 0 Å². The van der Waals surface area contributed by atoms with Gasteiger partial charge >= 0.3 is 0 Å². The van der Waals surface area contributed by atoms with Gasteiger partial charge in [0.25, 0.3) is 0 Å². The highest BCUT2D eigenvalue weighted by atomic mass is 32.2. The first-order valence-corrected chi connectivity index (χ1v) is 11.1. The Morgan fingerprint density at radius 1 is 1.10 bits per heavy atom. The normalized spacial score (nSPS) is 12.3. The molecule has 0 unspecified atom stereocenters. The summed E-state index contributed by atoms with van der Waals surface area (Å²) in [7, 11) is -2.12. The molecule has 8 heteroatoms. The SMILES string of the molecule is COc1ccccc1[C@H](C)NC(=O)CN(c1cccc(OC(C)C)c1)S(C)(=O)=O. The van der Waals surface area contributed by atoms with Gasteiger partial charge in [0, 0.05) is 11.6 Å². The second kappa shape index (κ2) is 9.65. The zero-order chi connectivity index (χ0) is 21.6.